The molecule has 0 bridgehead atoms. The Morgan fingerprint density at radius 1 is 0.812 bits per heavy atom. The van der Waals surface area contributed by atoms with Crippen molar-refractivity contribution in [3.05, 3.63) is 101 Å². The molecule has 3 aromatic carbocycles. The average Bonchev–Trinajstić information content (AvgIpc) is 3.33. The fourth-order valence-electron chi connectivity index (χ4n) is 3.65. The Balaban J connectivity index is 1.81. The SMILES string of the molecule is O=C(c1cccs1)[C@@H](C(=O)C(F)(F)F)[C@@H](Nc1ccc2ccccc2c1)c1ccccc1. The van der Waals surface area contributed by atoms with Crippen LogP contribution in [0.1, 0.15) is 21.3 Å². The molecule has 32 heavy (non-hydrogen) atoms. The molecule has 0 aliphatic carbocycles. The summed E-state index contributed by atoms with van der Waals surface area (Å²) in [6, 6.07) is 23.0. The van der Waals surface area contributed by atoms with Crippen molar-refractivity contribution in [3.8, 4) is 0 Å². The van der Waals surface area contributed by atoms with Crippen molar-refractivity contribution in [2.24, 2.45) is 5.92 Å². The monoisotopic (exact) mass is 453 g/mol. The fraction of sp³-hybridized carbons (Fsp3) is 0.120. The number of rotatable bonds is 7. The van der Waals surface area contributed by atoms with Crippen LogP contribution in [0, 0.1) is 5.92 Å². The molecule has 0 aliphatic heterocycles. The summed E-state index contributed by atoms with van der Waals surface area (Å²) in [7, 11) is 0. The summed E-state index contributed by atoms with van der Waals surface area (Å²) in [6.07, 6.45) is -5.16. The highest BCUT2D eigenvalue weighted by molar-refractivity contribution is 7.12. The Hall–Kier alpha value is -3.45. The van der Waals surface area contributed by atoms with Gasteiger partial charge >= 0.3 is 6.18 Å². The van der Waals surface area contributed by atoms with E-state index in [0.717, 1.165) is 22.1 Å². The molecule has 7 heteroatoms. The van der Waals surface area contributed by atoms with Gasteiger partial charge in [-0.1, -0.05) is 66.7 Å². The van der Waals surface area contributed by atoms with Gasteiger partial charge in [0.2, 0.25) is 5.78 Å². The van der Waals surface area contributed by atoms with Crippen molar-refractivity contribution < 1.29 is 22.8 Å². The maximum absolute atomic E-state index is 13.6. The molecule has 0 unspecified atom stereocenters. The first-order valence-corrected chi connectivity index (χ1v) is 10.7. The van der Waals surface area contributed by atoms with Gasteiger partial charge in [-0.05, 0) is 39.9 Å². The second-order valence-electron chi connectivity index (χ2n) is 7.28. The van der Waals surface area contributed by atoms with Crippen LogP contribution < -0.4 is 5.32 Å². The second-order valence-corrected chi connectivity index (χ2v) is 8.22. The minimum Gasteiger partial charge on any atom is -0.377 e. The largest absolute Gasteiger partial charge is 0.450 e. The third-order valence-electron chi connectivity index (χ3n) is 5.17. The molecule has 3 nitrogen and oxygen atoms in total. The van der Waals surface area contributed by atoms with Crippen molar-refractivity contribution in [3.63, 3.8) is 0 Å². The molecule has 2 atom stereocenters. The number of carbonyl (C=O) groups is 2. The van der Waals surface area contributed by atoms with E-state index in [-0.39, 0.29) is 4.88 Å². The third-order valence-corrected chi connectivity index (χ3v) is 6.06. The van der Waals surface area contributed by atoms with Crippen LogP contribution in [-0.4, -0.2) is 17.7 Å². The van der Waals surface area contributed by atoms with Crippen molar-refractivity contribution >= 4 is 39.4 Å². The number of benzene rings is 3. The molecule has 0 saturated heterocycles. The number of ketones is 2. The van der Waals surface area contributed by atoms with E-state index in [1.54, 1.807) is 53.9 Å². The molecule has 1 heterocycles. The molecule has 1 N–H and O–H groups in total. The second kappa shape index (κ2) is 8.96. The van der Waals surface area contributed by atoms with Crippen molar-refractivity contribution in [2.75, 3.05) is 5.32 Å². The number of halogens is 3. The lowest BCUT2D eigenvalue weighted by molar-refractivity contribution is -0.174. The van der Waals surface area contributed by atoms with E-state index in [1.807, 2.05) is 30.3 Å². The Labute approximate surface area is 186 Å². The molecule has 0 aliphatic rings. The number of alkyl halides is 3. The van der Waals surface area contributed by atoms with E-state index in [2.05, 4.69) is 5.32 Å². The van der Waals surface area contributed by atoms with Gasteiger partial charge in [-0.25, -0.2) is 0 Å². The van der Waals surface area contributed by atoms with Crippen LogP contribution in [0.4, 0.5) is 18.9 Å². The van der Waals surface area contributed by atoms with E-state index in [1.165, 1.54) is 6.07 Å². The van der Waals surface area contributed by atoms with Gasteiger partial charge in [0.25, 0.3) is 0 Å². The zero-order valence-corrected chi connectivity index (χ0v) is 17.5. The zero-order valence-electron chi connectivity index (χ0n) is 16.7. The summed E-state index contributed by atoms with van der Waals surface area (Å²) in [4.78, 5) is 25.8. The van der Waals surface area contributed by atoms with E-state index >= 15 is 0 Å². The first kappa shape index (κ1) is 21.8. The summed E-state index contributed by atoms with van der Waals surface area (Å²) < 4.78 is 40.8. The van der Waals surface area contributed by atoms with Gasteiger partial charge in [-0.3, -0.25) is 9.59 Å². The van der Waals surface area contributed by atoms with Gasteiger partial charge in [-0.15, -0.1) is 11.3 Å². The number of fused-ring (bicyclic) bond motifs is 1. The van der Waals surface area contributed by atoms with Gasteiger partial charge in [0.1, 0.15) is 5.92 Å². The average molecular weight is 453 g/mol. The number of hydrogen-bond donors (Lipinski definition) is 1. The smallest absolute Gasteiger partial charge is 0.377 e. The van der Waals surface area contributed by atoms with Crippen LogP contribution in [0.25, 0.3) is 10.8 Å². The van der Waals surface area contributed by atoms with E-state index in [0.29, 0.717) is 11.3 Å². The first-order chi connectivity index (χ1) is 15.3. The molecule has 4 aromatic rings. The van der Waals surface area contributed by atoms with Crippen molar-refractivity contribution in [1.82, 2.24) is 0 Å². The molecule has 0 amide bonds. The molecule has 162 valence electrons. The topological polar surface area (TPSA) is 46.2 Å². The Morgan fingerprint density at radius 2 is 1.50 bits per heavy atom. The number of carbonyl (C=O) groups excluding carboxylic acids is 2. The van der Waals surface area contributed by atoms with E-state index < -0.39 is 29.7 Å². The molecule has 0 radical (unpaired) electrons. The standard InChI is InChI=1S/C25H18F3NO2S/c26-25(27,28)24(31)21(23(30)20-11-6-14-32-20)22(17-8-2-1-3-9-17)29-19-13-12-16-7-4-5-10-18(16)15-19/h1-15,21-22,29H/t21-,22-/m0/s1. The summed E-state index contributed by atoms with van der Waals surface area (Å²) >= 11 is 1.01. The lowest BCUT2D eigenvalue weighted by atomic mass is 9.85. The molecule has 0 saturated carbocycles. The first-order valence-electron chi connectivity index (χ1n) is 9.83. The summed E-state index contributed by atoms with van der Waals surface area (Å²) in [5.41, 5.74) is 0.921. The highest BCUT2D eigenvalue weighted by Crippen LogP contribution is 2.36. The number of thiophene rings is 1. The van der Waals surface area contributed by atoms with Gasteiger partial charge < -0.3 is 5.32 Å². The maximum atomic E-state index is 13.6. The van der Waals surface area contributed by atoms with Crippen molar-refractivity contribution in [1.29, 1.82) is 0 Å². The number of hydrogen-bond acceptors (Lipinski definition) is 4. The minimum absolute atomic E-state index is 0.105. The molecule has 1 aromatic heterocycles. The molecule has 4 rings (SSSR count). The van der Waals surface area contributed by atoms with Crippen LogP contribution in [-0.2, 0) is 4.79 Å². The van der Waals surface area contributed by atoms with Crippen LogP contribution in [0.2, 0.25) is 0 Å². The molecular weight excluding hydrogens is 435 g/mol. The quantitative estimate of drug-likeness (QED) is 0.251. The number of nitrogens with one attached hydrogen (secondary N) is 1. The third kappa shape index (κ3) is 4.57. The van der Waals surface area contributed by atoms with Crippen LogP contribution >= 0.6 is 11.3 Å². The highest BCUT2D eigenvalue weighted by Gasteiger charge is 2.50. The van der Waals surface area contributed by atoms with Gasteiger partial charge in [0.15, 0.2) is 5.78 Å². The molecule has 0 fully saturated rings. The Kier molecular flexibility index (Phi) is 6.10. The van der Waals surface area contributed by atoms with Crippen LogP contribution in [0.3, 0.4) is 0 Å². The maximum Gasteiger partial charge on any atom is 0.450 e. The summed E-state index contributed by atoms with van der Waals surface area (Å²) in [5.74, 6) is -4.90. The summed E-state index contributed by atoms with van der Waals surface area (Å²) in [5, 5.41) is 6.49. The Morgan fingerprint density at radius 3 is 2.16 bits per heavy atom. The van der Waals surface area contributed by atoms with Gasteiger partial charge in [0.05, 0.1) is 10.9 Å². The Bertz CT molecular complexity index is 1240. The summed E-state index contributed by atoms with van der Waals surface area (Å²) in [6.45, 7) is 0. The lowest BCUT2D eigenvalue weighted by Crippen LogP contribution is -2.41. The zero-order chi connectivity index (χ0) is 22.7. The number of anilines is 1. The predicted molar refractivity (Wildman–Crippen MR) is 120 cm³/mol. The van der Waals surface area contributed by atoms with E-state index in [9.17, 15) is 22.8 Å². The minimum atomic E-state index is -5.16. The normalized spacial score (nSPS) is 13.5. The molecule has 0 spiro atoms. The van der Waals surface area contributed by atoms with E-state index in [4.69, 9.17) is 0 Å². The molecular formula is C25H18F3NO2S. The van der Waals surface area contributed by atoms with Crippen LogP contribution in [0.5, 0.6) is 0 Å². The number of Topliss-reactive ketones (excluding diaryl/α,β-unsaturated/α-hetero) is 2. The van der Waals surface area contributed by atoms with Crippen molar-refractivity contribution in [2.45, 2.75) is 12.2 Å². The fourth-order valence-corrected chi connectivity index (χ4v) is 4.35. The predicted octanol–water partition coefficient (Wildman–Crippen LogP) is 6.69. The van der Waals surface area contributed by atoms with Crippen LogP contribution in [0.15, 0.2) is 90.3 Å². The van der Waals surface area contributed by atoms with Gasteiger partial charge in [-0.2, -0.15) is 13.2 Å². The lowest BCUT2D eigenvalue weighted by Gasteiger charge is -2.28. The highest BCUT2D eigenvalue weighted by atomic mass is 32.1. The van der Waals surface area contributed by atoms with Gasteiger partial charge in [0, 0.05) is 5.69 Å².